The van der Waals surface area contributed by atoms with E-state index in [1.807, 2.05) is 13.0 Å². The van der Waals surface area contributed by atoms with Crippen molar-refractivity contribution in [3.63, 3.8) is 0 Å². The molecule has 0 fully saturated rings. The molecule has 0 radical (unpaired) electrons. The summed E-state index contributed by atoms with van der Waals surface area (Å²) in [5.74, 6) is -0.124. The van der Waals surface area contributed by atoms with Gasteiger partial charge in [0.15, 0.2) is 0 Å². The van der Waals surface area contributed by atoms with E-state index in [1.54, 1.807) is 10.8 Å². The SMILES string of the molecule is C=Cc1cc([N+](=O)[O-])nn1CCC/C=C/C. The smallest absolute Gasteiger partial charge is 0.358 e. The molecule has 1 rings (SSSR count). The average molecular weight is 221 g/mol. The van der Waals surface area contributed by atoms with Crippen LogP contribution in [0.3, 0.4) is 0 Å². The molecular weight excluding hydrogens is 206 g/mol. The normalized spacial score (nSPS) is 10.8. The Kier molecular flexibility index (Phi) is 4.44. The number of hydrogen-bond donors (Lipinski definition) is 0. The second-order valence-electron chi connectivity index (χ2n) is 3.32. The van der Waals surface area contributed by atoms with E-state index in [2.05, 4.69) is 17.8 Å². The maximum absolute atomic E-state index is 10.5. The highest BCUT2D eigenvalue weighted by molar-refractivity contribution is 5.45. The van der Waals surface area contributed by atoms with Crippen LogP contribution in [-0.4, -0.2) is 14.7 Å². The summed E-state index contributed by atoms with van der Waals surface area (Å²) in [6.07, 6.45) is 7.48. The maximum atomic E-state index is 10.5. The quantitative estimate of drug-likeness (QED) is 0.321. The van der Waals surface area contributed by atoms with Crippen molar-refractivity contribution in [2.45, 2.75) is 26.3 Å². The standard InChI is InChI=1S/C11H15N3O2/c1-3-5-6-7-8-13-10(4-2)9-11(12-13)14(15)16/h3-5,9H,2,6-8H2,1H3/b5-3+. The summed E-state index contributed by atoms with van der Waals surface area (Å²) in [6.45, 7) is 6.24. The van der Waals surface area contributed by atoms with E-state index in [0.717, 1.165) is 12.8 Å². The average Bonchev–Trinajstić information content (AvgIpc) is 2.68. The lowest BCUT2D eigenvalue weighted by molar-refractivity contribution is -0.389. The highest BCUT2D eigenvalue weighted by Gasteiger charge is 2.15. The van der Waals surface area contributed by atoms with Crippen molar-refractivity contribution < 1.29 is 4.92 Å². The van der Waals surface area contributed by atoms with Gasteiger partial charge in [0.05, 0.1) is 23.4 Å². The van der Waals surface area contributed by atoms with E-state index < -0.39 is 4.92 Å². The molecule has 5 heteroatoms. The summed E-state index contributed by atoms with van der Waals surface area (Å²) < 4.78 is 1.62. The van der Waals surface area contributed by atoms with Crippen LogP contribution >= 0.6 is 0 Å². The predicted molar refractivity (Wildman–Crippen MR) is 63.0 cm³/mol. The largest absolute Gasteiger partial charge is 0.390 e. The summed E-state index contributed by atoms with van der Waals surface area (Å²) in [5.41, 5.74) is 0.687. The van der Waals surface area contributed by atoms with Gasteiger partial charge in [0.25, 0.3) is 0 Å². The zero-order chi connectivity index (χ0) is 12.0. The number of allylic oxidation sites excluding steroid dienone is 2. The lowest BCUT2D eigenvalue weighted by Gasteiger charge is -1.97. The minimum Gasteiger partial charge on any atom is -0.358 e. The van der Waals surface area contributed by atoms with E-state index in [1.165, 1.54) is 6.07 Å². The Morgan fingerprint density at radius 2 is 2.44 bits per heavy atom. The first kappa shape index (κ1) is 12.2. The van der Waals surface area contributed by atoms with Crippen molar-refractivity contribution in [3.05, 3.63) is 40.6 Å². The van der Waals surface area contributed by atoms with Crippen molar-refractivity contribution in [1.82, 2.24) is 9.78 Å². The van der Waals surface area contributed by atoms with Crippen LogP contribution in [0.2, 0.25) is 0 Å². The minimum absolute atomic E-state index is 0.124. The van der Waals surface area contributed by atoms with Crippen LogP contribution in [0.15, 0.2) is 24.8 Å². The molecule has 0 saturated carbocycles. The number of aryl methyl sites for hydroxylation is 1. The Morgan fingerprint density at radius 1 is 1.69 bits per heavy atom. The molecule has 1 aromatic heterocycles. The van der Waals surface area contributed by atoms with Gasteiger partial charge in [0, 0.05) is 0 Å². The zero-order valence-corrected chi connectivity index (χ0v) is 9.30. The first-order chi connectivity index (χ1) is 7.69. The van der Waals surface area contributed by atoms with Crippen molar-refractivity contribution in [1.29, 1.82) is 0 Å². The van der Waals surface area contributed by atoms with Gasteiger partial charge in [0.1, 0.15) is 0 Å². The number of hydrogen-bond acceptors (Lipinski definition) is 3. The third kappa shape index (κ3) is 3.05. The van der Waals surface area contributed by atoms with E-state index in [-0.39, 0.29) is 5.82 Å². The second kappa shape index (κ2) is 5.85. The van der Waals surface area contributed by atoms with Crippen LogP contribution in [0.1, 0.15) is 25.5 Å². The Bertz CT molecular complexity index is 407. The lowest BCUT2D eigenvalue weighted by atomic mass is 10.3. The highest BCUT2D eigenvalue weighted by atomic mass is 16.6. The fourth-order valence-electron chi connectivity index (χ4n) is 1.38. The number of rotatable bonds is 6. The van der Waals surface area contributed by atoms with E-state index in [4.69, 9.17) is 0 Å². The zero-order valence-electron chi connectivity index (χ0n) is 9.30. The van der Waals surface area contributed by atoms with E-state index >= 15 is 0 Å². The summed E-state index contributed by atoms with van der Waals surface area (Å²) in [4.78, 5) is 10.1. The Balaban J connectivity index is 2.70. The third-order valence-electron chi connectivity index (χ3n) is 2.17. The van der Waals surface area contributed by atoms with Gasteiger partial charge < -0.3 is 10.1 Å². The molecule has 0 unspecified atom stereocenters. The number of nitrogens with zero attached hydrogens (tertiary/aromatic N) is 3. The molecule has 0 spiro atoms. The Morgan fingerprint density at radius 3 is 3.00 bits per heavy atom. The second-order valence-corrected chi connectivity index (χ2v) is 3.32. The summed E-state index contributed by atoms with van der Waals surface area (Å²) in [7, 11) is 0. The predicted octanol–water partition coefficient (Wildman–Crippen LogP) is 2.79. The fraction of sp³-hybridized carbons (Fsp3) is 0.364. The Hall–Kier alpha value is -1.91. The summed E-state index contributed by atoms with van der Waals surface area (Å²) in [5, 5.41) is 14.4. The molecule has 0 saturated heterocycles. The molecule has 0 aliphatic heterocycles. The summed E-state index contributed by atoms with van der Waals surface area (Å²) in [6, 6.07) is 1.43. The molecule has 0 aliphatic carbocycles. The molecular formula is C11H15N3O2. The van der Waals surface area contributed by atoms with Gasteiger partial charge in [-0.1, -0.05) is 18.7 Å². The number of nitro groups is 1. The van der Waals surface area contributed by atoms with Crippen LogP contribution in [0.25, 0.3) is 6.08 Å². The number of unbranched alkanes of at least 4 members (excludes halogenated alkanes) is 1. The van der Waals surface area contributed by atoms with E-state index in [9.17, 15) is 10.1 Å². The van der Waals surface area contributed by atoms with Crippen LogP contribution in [-0.2, 0) is 6.54 Å². The minimum atomic E-state index is -0.491. The molecule has 0 amide bonds. The van der Waals surface area contributed by atoms with Crippen LogP contribution < -0.4 is 0 Å². The van der Waals surface area contributed by atoms with Gasteiger partial charge in [-0.15, -0.1) is 0 Å². The first-order valence-corrected chi connectivity index (χ1v) is 5.15. The van der Waals surface area contributed by atoms with Gasteiger partial charge in [-0.25, -0.2) is 0 Å². The molecule has 5 nitrogen and oxygen atoms in total. The van der Waals surface area contributed by atoms with Gasteiger partial charge >= 0.3 is 5.82 Å². The molecule has 0 N–H and O–H groups in total. The third-order valence-corrected chi connectivity index (χ3v) is 2.17. The van der Waals surface area contributed by atoms with Crippen LogP contribution in [0.5, 0.6) is 0 Å². The maximum Gasteiger partial charge on any atom is 0.390 e. The summed E-state index contributed by atoms with van der Waals surface area (Å²) >= 11 is 0. The van der Waals surface area contributed by atoms with Crippen molar-refractivity contribution in [2.75, 3.05) is 0 Å². The molecule has 0 aliphatic rings. The molecule has 1 heterocycles. The monoisotopic (exact) mass is 221 g/mol. The molecule has 0 bridgehead atoms. The van der Waals surface area contributed by atoms with Gasteiger partial charge in [-0.3, -0.25) is 0 Å². The van der Waals surface area contributed by atoms with Crippen molar-refractivity contribution in [3.8, 4) is 0 Å². The first-order valence-electron chi connectivity index (χ1n) is 5.15. The lowest BCUT2D eigenvalue weighted by Crippen LogP contribution is -2.02. The molecule has 0 aromatic carbocycles. The van der Waals surface area contributed by atoms with Crippen LogP contribution in [0, 0.1) is 10.1 Å². The van der Waals surface area contributed by atoms with Crippen molar-refractivity contribution >= 4 is 11.9 Å². The van der Waals surface area contributed by atoms with Gasteiger partial charge in [-0.2, -0.15) is 4.68 Å². The molecule has 16 heavy (non-hydrogen) atoms. The fourth-order valence-corrected chi connectivity index (χ4v) is 1.38. The molecule has 1 aromatic rings. The van der Waals surface area contributed by atoms with Gasteiger partial charge in [-0.05, 0) is 30.8 Å². The topological polar surface area (TPSA) is 61.0 Å². The van der Waals surface area contributed by atoms with Crippen LogP contribution in [0.4, 0.5) is 5.82 Å². The molecule has 0 atom stereocenters. The Labute approximate surface area is 94.2 Å². The highest BCUT2D eigenvalue weighted by Crippen LogP contribution is 2.13. The van der Waals surface area contributed by atoms with E-state index in [0.29, 0.717) is 12.2 Å². The van der Waals surface area contributed by atoms with Gasteiger partial charge in [0.2, 0.25) is 0 Å². The number of aromatic nitrogens is 2. The van der Waals surface area contributed by atoms with Crippen molar-refractivity contribution in [2.24, 2.45) is 0 Å². The molecule has 86 valence electrons.